The number of fused-ring (bicyclic) bond motifs is 1. The van der Waals surface area contributed by atoms with Crippen LogP contribution in [0.1, 0.15) is 11.3 Å². The number of nitrogens with two attached hydrogens (primary N) is 1. The molecule has 3 N–H and O–H groups in total. The molecule has 0 aromatic heterocycles. The first-order valence-corrected chi connectivity index (χ1v) is 8.38. The fourth-order valence-corrected chi connectivity index (χ4v) is 3.13. The van der Waals surface area contributed by atoms with Crippen LogP contribution in [0.5, 0.6) is 0 Å². The molecule has 28 heavy (non-hydrogen) atoms. The van der Waals surface area contributed by atoms with Gasteiger partial charge in [-0.25, -0.2) is 9.67 Å². The molecule has 2 heterocycles. The van der Waals surface area contributed by atoms with Gasteiger partial charge in [-0.15, -0.1) is 0 Å². The number of hydrogen-bond acceptors (Lipinski definition) is 6. The van der Waals surface area contributed by atoms with Crippen molar-refractivity contribution in [1.82, 2.24) is 14.8 Å². The molecule has 0 amide bonds. The van der Waals surface area contributed by atoms with E-state index >= 15 is 0 Å². The molecule has 2 aliphatic heterocycles. The Hall–Kier alpha value is -4.49. The van der Waals surface area contributed by atoms with Crippen molar-refractivity contribution in [2.45, 2.75) is 0 Å². The summed E-state index contributed by atoms with van der Waals surface area (Å²) >= 11 is 0. The van der Waals surface area contributed by atoms with E-state index in [1.165, 1.54) is 4.68 Å². The third kappa shape index (κ3) is 2.56. The Morgan fingerprint density at radius 3 is 2.14 bits per heavy atom. The molecule has 7 nitrogen and oxygen atoms in total. The third-order valence-corrected chi connectivity index (χ3v) is 4.39. The number of nitrogen functional groups attached to an aromatic ring is 1. The lowest BCUT2D eigenvalue weighted by molar-refractivity contribution is 0.811. The van der Waals surface area contributed by atoms with Crippen LogP contribution in [0.4, 0.5) is 5.69 Å². The van der Waals surface area contributed by atoms with E-state index in [4.69, 9.17) is 11.1 Å². The van der Waals surface area contributed by atoms with Crippen molar-refractivity contribution in [1.29, 1.82) is 15.9 Å². The summed E-state index contributed by atoms with van der Waals surface area (Å²) < 4.78 is 1.48. The van der Waals surface area contributed by atoms with Crippen LogP contribution in [0.2, 0.25) is 0 Å². The lowest BCUT2D eigenvalue weighted by atomic mass is 9.95. The van der Waals surface area contributed by atoms with Gasteiger partial charge >= 0.3 is 0 Å². The molecule has 0 bridgehead atoms. The second-order valence-corrected chi connectivity index (χ2v) is 6.01. The first-order chi connectivity index (χ1) is 13.7. The summed E-state index contributed by atoms with van der Waals surface area (Å²) in [6.07, 6.45) is 0. The Morgan fingerprint density at radius 1 is 0.893 bits per heavy atom. The van der Waals surface area contributed by atoms with Gasteiger partial charge in [0.15, 0.2) is 17.0 Å². The van der Waals surface area contributed by atoms with Crippen LogP contribution in [0.15, 0.2) is 60.7 Å². The summed E-state index contributed by atoms with van der Waals surface area (Å²) in [5.74, 6) is 0.311. The molecule has 4 rings (SSSR count). The average Bonchev–Trinajstić information content (AvgIpc) is 2.74. The zero-order valence-electron chi connectivity index (χ0n) is 14.6. The molecule has 0 atom stereocenters. The fourth-order valence-electron chi connectivity index (χ4n) is 3.13. The highest BCUT2D eigenvalue weighted by Gasteiger charge is 2.26. The minimum absolute atomic E-state index is 0.0283. The predicted molar refractivity (Wildman–Crippen MR) is 103 cm³/mol. The number of pyridine rings is 1. The van der Waals surface area contributed by atoms with E-state index in [0.717, 1.165) is 5.56 Å². The Balaban J connectivity index is 2.24. The van der Waals surface area contributed by atoms with Crippen LogP contribution in [0.25, 0.3) is 28.2 Å². The van der Waals surface area contributed by atoms with Gasteiger partial charge in [0.1, 0.15) is 17.7 Å². The van der Waals surface area contributed by atoms with E-state index in [2.05, 4.69) is 16.2 Å². The van der Waals surface area contributed by atoms with E-state index in [0.29, 0.717) is 22.6 Å². The highest BCUT2D eigenvalue weighted by molar-refractivity contribution is 5.93. The smallest absolute Gasteiger partial charge is 0.170 e. The third-order valence-electron chi connectivity index (χ3n) is 4.39. The lowest BCUT2D eigenvalue weighted by Crippen LogP contribution is -2.22. The standard InChI is InChI=1S/C21H13N7/c22-11-15-19(24)18-17(13-7-3-1-4-8-13)16(12-23)27-28(21(18)26-20(15)25)14-9-5-2-6-10-14/h1-10,25H,24H2. The molecule has 7 heteroatoms. The number of benzene rings is 2. The number of rotatable bonds is 2. The number of para-hydroxylation sites is 1. The molecule has 132 valence electrons. The maximum absolute atomic E-state index is 9.79. The molecule has 2 aromatic carbocycles. The Labute approximate surface area is 160 Å². The van der Waals surface area contributed by atoms with Crippen LogP contribution in [-0.4, -0.2) is 14.8 Å². The van der Waals surface area contributed by atoms with Gasteiger partial charge in [-0.1, -0.05) is 48.5 Å². The van der Waals surface area contributed by atoms with Crippen LogP contribution in [0.3, 0.4) is 0 Å². The number of nitrogens with one attached hydrogen (secondary N) is 1. The van der Waals surface area contributed by atoms with Gasteiger partial charge in [0, 0.05) is 5.56 Å². The van der Waals surface area contributed by atoms with Crippen molar-refractivity contribution in [3.05, 3.63) is 77.4 Å². The zero-order valence-corrected chi connectivity index (χ0v) is 14.6. The predicted octanol–water partition coefficient (Wildman–Crippen LogP) is 2.84. The van der Waals surface area contributed by atoms with E-state index in [1.54, 1.807) is 0 Å². The number of nitrogens with zero attached hydrogens (tertiary/aromatic N) is 5. The summed E-state index contributed by atoms with van der Waals surface area (Å²) in [4.78, 5) is 4.30. The van der Waals surface area contributed by atoms with Crippen LogP contribution in [0, 0.1) is 28.1 Å². The zero-order chi connectivity index (χ0) is 19.7. The topological polar surface area (TPSA) is 128 Å². The number of hydrogen-bond donors (Lipinski definition) is 2. The molecule has 0 radical (unpaired) electrons. The highest BCUT2D eigenvalue weighted by atomic mass is 15.3. The van der Waals surface area contributed by atoms with E-state index in [1.807, 2.05) is 66.7 Å². The minimum atomic E-state index is -0.234. The van der Waals surface area contributed by atoms with Gasteiger partial charge in [-0.3, -0.25) is 5.41 Å². The summed E-state index contributed by atoms with van der Waals surface area (Å²) in [7, 11) is 0. The number of nitriles is 2. The van der Waals surface area contributed by atoms with Crippen molar-refractivity contribution in [3.63, 3.8) is 0 Å². The first kappa shape index (κ1) is 17.0. The van der Waals surface area contributed by atoms with Gasteiger partial charge in [0.2, 0.25) is 0 Å². The normalized spacial score (nSPS) is 10.4. The quantitative estimate of drug-likeness (QED) is 0.566. The summed E-state index contributed by atoms with van der Waals surface area (Å²) in [5, 5.41) is 31.8. The van der Waals surface area contributed by atoms with Crippen molar-refractivity contribution in [2.75, 3.05) is 5.73 Å². The van der Waals surface area contributed by atoms with Crippen molar-refractivity contribution < 1.29 is 0 Å². The molecule has 2 aliphatic rings. The molecular weight excluding hydrogens is 350 g/mol. The minimum Gasteiger partial charge on any atom is -0.397 e. The fraction of sp³-hybridized carbons (Fsp3) is 0. The van der Waals surface area contributed by atoms with E-state index < -0.39 is 0 Å². The molecule has 2 aromatic rings. The van der Waals surface area contributed by atoms with Gasteiger partial charge < -0.3 is 5.73 Å². The highest BCUT2D eigenvalue weighted by Crippen LogP contribution is 2.39. The average molecular weight is 363 g/mol. The van der Waals surface area contributed by atoms with Crippen LogP contribution >= 0.6 is 0 Å². The second-order valence-electron chi connectivity index (χ2n) is 6.01. The molecule has 0 saturated carbocycles. The second kappa shape index (κ2) is 6.67. The van der Waals surface area contributed by atoms with Gasteiger partial charge in [-0.05, 0) is 17.7 Å². The molecule has 0 unspecified atom stereocenters. The molecule has 0 aliphatic carbocycles. The van der Waals surface area contributed by atoms with Crippen molar-refractivity contribution in [3.8, 4) is 40.3 Å². The number of anilines is 1. The summed E-state index contributed by atoms with van der Waals surface area (Å²) in [6, 6.07) is 22.5. The maximum Gasteiger partial charge on any atom is 0.170 e. The molecule has 0 spiro atoms. The van der Waals surface area contributed by atoms with Crippen molar-refractivity contribution in [2.24, 2.45) is 0 Å². The Bertz CT molecular complexity index is 1290. The molecule has 0 fully saturated rings. The molecular formula is C21H13N7. The van der Waals surface area contributed by atoms with Gasteiger partial charge in [0.25, 0.3) is 0 Å². The Kier molecular flexibility index (Phi) is 4.04. The monoisotopic (exact) mass is 363 g/mol. The van der Waals surface area contributed by atoms with Crippen LogP contribution < -0.4 is 11.2 Å². The number of aromatic nitrogens is 3. The van der Waals surface area contributed by atoms with E-state index in [9.17, 15) is 10.5 Å². The summed E-state index contributed by atoms with van der Waals surface area (Å²) in [5.41, 5.74) is 8.62. The maximum atomic E-state index is 9.79. The Morgan fingerprint density at radius 2 is 1.54 bits per heavy atom. The summed E-state index contributed by atoms with van der Waals surface area (Å²) in [6.45, 7) is 0. The van der Waals surface area contributed by atoms with Crippen molar-refractivity contribution >= 4 is 5.69 Å². The molecule has 0 saturated heterocycles. The first-order valence-electron chi connectivity index (χ1n) is 8.38. The SMILES string of the molecule is N#Cc1nn(-c2ccccc2)c2nc(=N)c(C#N)c(N)c-2c1-c1ccccc1. The largest absolute Gasteiger partial charge is 0.397 e. The lowest BCUT2D eigenvalue weighted by Gasteiger charge is -2.20. The van der Waals surface area contributed by atoms with Gasteiger partial charge in [0.05, 0.1) is 16.9 Å². The van der Waals surface area contributed by atoms with Crippen LogP contribution in [-0.2, 0) is 0 Å². The van der Waals surface area contributed by atoms with E-state index in [-0.39, 0.29) is 22.4 Å². The van der Waals surface area contributed by atoms with Gasteiger partial charge in [-0.2, -0.15) is 15.6 Å².